The lowest BCUT2D eigenvalue weighted by Gasteiger charge is -2.46. The third kappa shape index (κ3) is 2.21. The highest BCUT2D eigenvalue weighted by Gasteiger charge is 2.43. The highest BCUT2D eigenvalue weighted by Crippen LogP contribution is 2.49. The summed E-state index contributed by atoms with van der Waals surface area (Å²) in [5, 5.41) is 12.3. The summed E-state index contributed by atoms with van der Waals surface area (Å²) in [6.07, 6.45) is 11.6. The van der Waals surface area contributed by atoms with E-state index in [1.54, 1.807) is 0 Å². The maximum Gasteiger partial charge on any atom is 0.0671 e. The molecule has 0 spiro atoms. The molecule has 1 nitrogen and oxygen atoms in total. The highest BCUT2D eigenvalue weighted by atomic mass is 32.2. The van der Waals surface area contributed by atoms with Gasteiger partial charge < -0.3 is 5.11 Å². The van der Waals surface area contributed by atoms with Gasteiger partial charge in [-0.15, -0.1) is 0 Å². The predicted octanol–water partition coefficient (Wildman–Crippen LogP) is 3.36. The first-order chi connectivity index (χ1) is 7.23. The molecular weight excluding hydrogens is 204 g/mol. The van der Waals surface area contributed by atoms with E-state index in [1.165, 1.54) is 38.5 Å². The van der Waals surface area contributed by atoms with Crippen LogP contribution in [0.25, 0.3) is 0 Å². The van der Waals surface area contributed by atoms with Crippen LogP contribution in [-0.4, -0.2) is 21.2 Å². The first-order valence-electron chi connectivity index (χ1n) is 6.61. The van der Waals surface area contributed by atoms with Crippen LogP contribution in [0.5, 0.6) is 0 Å². The summed E-state index contributed by atoms with van der Waals surface area (Å²) in [4.78, 5) is 0. The van der Waals surface area contributed by atoms with Crippen LogP contribution in [-0.2, 0) is 0 Å². The minimum Gasteiger partial charge on any atom is -0.390 e. The molecule has 2 unspecified atom stereocenters. The van der Waals surface area contributed by atoms with Crippen LogP contribution in [0.2, 0.25) is 0 Å². The molecule has 2 heteroatoms. The monoisotopic (exact) mass is 226 g/mol. The van der Waals surface area contributed by atoms with E-state index in [-0.39, 0.29) is 5.60 Å². The molecule has 0 aromatic heterocycles. The number of fused-ring (bicyclic) bond motifs is 2. The largest absolute Gasteiger partial charge is 0.390 e. The molecule has 1 N–H and O–H groups in total. The molecule has 2 saturated heterocycles. The summed E-state index contributed by atoms with van der Waals surface area (Å²) in [6.45, 7) is 0. The Morgan fingerprint density at radius 1 is 1.00 bits per heavy atom. The van der Waals surface area contributed by atoms with Gasteiger partial charge in [0, 0.05) is 10.5 Å². The fourth-order valence-corrected chi connectivity index (χ4v) is 5.58. The fourth-order valence-electron chi connectivity index (χ4n) is 3.61. The second-order valence-corrected chi connectivity index (χ2v) is 7.55. The zero-order valence-corrected chi connectivity index (χ0v) is 10.3. The maximum absolute atomic E-state index is 10.7. The smallest absolute Gasteiger partial charge is 0.0671 e. The van der Waals surface area contributed by atoms with E-state index in [1.807, 2.05) is 0 Å². The summed E-state index contributed by atoms with van der Waals surface area (Å²) in [5.74, 6) is 0.860. The lowest BCUT2D eigenvalue weighted by Crippen LogP contribution is -2.44. The minimum absolute atomic E-state index is 0.272. The van der Waals surface area contributed by atoms with Gasteiger partial charge in [0.05, 0.1) is 5.60 Å². The Kier molecular flexibility index (Phi) is 2.76. The van der Waals surface area contributed by atoms with Crippen LogP contribution in [0.1, 0.15) is 57.8 Å². The van der Waals surface area contributed by atoms with Crippen molar-refractivity contribution in [3.63, 3.8) is 0 Å². The molecule has 2 aliphatic heterocycles. The maximum atomic E-state index is 10.7. The quantitative estimate of drug-likeness (QED) is 0.779. The number of hydrogen-bond acceptors (Lipinski definition) is 2. The third-order valence-corrected chi connectivity index (χ3v) is 6.12. The Hall–Kier alpha value is 0.310. The van der Waals surface area contributed by atoms with Crippen LogP contribution in [0.4, 0.5) is 0 Å². The van der Waals surface area contributed by atoms with Crippen molar-refractivity contribution >= 4 is 11.8 Å². The lowest BCUT2D eigenvalue weighted by molar-refractivity contribution is -0.0199. The van der Waals surface area contributed by atoms with E-state index in [0.717, 1.165) is 35.7 Å². The van der Waals surface area contributed by atoms with E-state index in [9.17, 15) is 5.11 Å². The highest BCUT2D eigenvalue weighted by molar-refractivity contribution is 8.00. The number of rotatable bonds is 2. The first-order valence-corrected chi connectivity index (χ1v) is 7.56. The summed E-state index contributed by atoms with van der Waals surface area (Å²) in [6, 6.07) is 0. The van der Waals surface area contributed by atoms with Gasteiger partial charge in [-0.1, -0.05) is 25.7 Å². The standard InChI is InChI=1S/C13H22OS/c14-13(7-10-3-1-4-10)8-11-5-2-6-12(9-13)15-11/h10-12,14H,1-9H2. The Morgan fingerprint density at radius 3 is 2.13 bits per heavy atom. The lowest BCUT2D eigenvalue weighted by atomic mass is 9.73. The third-order valence-electron chi connectivity index (χ3n) is 4.55. The van der Waals surface area contributed by atoms with Crippen LogP contribution in [0.15, 0.2) is 0 Å². The van der Waals surface area contributed by atoms with Gasteiger partial charge in [0.25, 0.3) is 0 Å². The van der Waals surface area contributed by atoms with Crippen molar-refractivity contribution in [1.29, 1.82) is 0 Å². The molecular formula is C13H22OS. The van der Waals surface area contributed by atoms with Gasteiger partial charge in [-0.3, -0.25) is 0 Å². The number of hydrogen-bond donors (Lipinski definition) is 1. The molecule has 3 fully saturated rings. The van der Waals surface area contributed by atoms with Crippen molar-refractivity contribution in [1.82, 2.24) is 0 Å². The van der Waals surface area contributed by atoms with Gasteiger partial charge in [0.15, 0.2) is 0 Å². The molecule has 3 aliphatic rings. The SMILES string of the molecule is OC1(CC2CCC2)CC2CCCC(C1)S2. The summed E-state index contributed by atoms with van der Waals surface area (Å²) >= 11 is 2.17. The summed E-state index contributed by atoms with van der Waals surface area (Å²) < 4.78 is 0. The van der Waals surface area contributed by atoms with Crippen molar-refractivity contribution in [3.8, 4) is 0 Å². The minimum atomic E-state index is -0.272. The molecule has 86 valence electrons. The zero-order chi connectivity index (χ0) is 10.3. The van der Waals surface area contributed by atoms with Crippen LogP contribution >= 0.6 is 11.8 Å². The van der Waals surface area contributed by atoms with Gasteiger partial charge in [0.1, 0.15) is 0 Å². The topological polar surface area (TPSA) is 20.2 Å². The first kappa shape index (κ1) is 10.5. The molecule has 0 radical (unpaired) electrons. The molecule has 2 bridgehead atoms. The van der Waals surface area contributed by atoms with Gasteiger partial charge in [-0.05, 0) is 38.0 Å². The predicted molar refractivity (Wildman–Crippen MR) is 65.2 cm³/mol. The Morgan fingerprint density at radius 2 is 1.60 bits per heavy atom. The summed E-state index contributed by atoms with van der Waals surface area (Å²) in [7, 11) is 0. The molecule has 15 heavy (non-hydrogen) atoms. The van der Waals surface area contributed by atoms with E-state index in [4.69, 9.17) is 0 Å². The van der Waals surface area contributed by atoms with Crippen molar-refractivity contribution in [3.05, 3.63) is 0 Å². The Bertz CT molecular complexity index is 219. The van der Waals surface area contributed by atoms with Crippen molar-refractivity contribution in [2.45, 2.75) is 73.9 Å². The normalized spacial score (nSPS) is 46.2. The molecule has 0 amide bonds. The Labute approximate surface area is 97.0 Å². The van der Waals surface area contributed by atoms with E-state index in [2.05, 4.69) is 11.8 Å². The molecule has 1 saturated carbocycles. The number of thioether (sulfide) groups is 1. The molecule has 2 heterocycles. The molecule has 0 aromatic carbocycles. The van der Waals surface area contributed by atoms with Gasteiger partial charge in [0.2, 0.25) is 0 Å². The van der Waals surface area contributed by atoms with E-state index in [0.29, 0.717) is 0 Å². The van der Waals surface area contributed by atoms with Gasteiger partial charge >= 0.3 is 0 Å². The molecule has 1 aliphatic carbocycles. The second kappa shape index (κ2) is 3.96. The molecule has 3 rings (SSSR count). The second-order valence-electron chi connectivity index (χ2n) is 5.94. The van der Waals surface area contributed by atoms with Crippen molar-refractivity contribution < 1.29 is 5.11 Å². The number of aliphatic hydroxyl groups is 1. The van der Waals surface area contributed by atoms with Crippen molar-refractivity contribution in [2.75, 3.05) is 0 Å². The van der Waals surface area contributed by atoms with Crippen LogP contribution < -0.4 is 0 Å². The average Bonchev–Trinajstić information content (AvgIpc) is 2.11. The van der Waals surface area contributed by atoms with Crippen LogP contribution in [0.3, 0.4) is 0 Å². The van der Waals surface area contributed by atoms with E-state index < -0.39 is 0 Å². The zero-order valence-electron chi connectivity index (χ0n) is 9.45. The van der Waals surface area contributed by atoms with Crippen LogP contribution in [0, 0.1) is 5.92 Å². The van der Waals surface area contributed by atoms with E-state index >= 15 is 0 Å². The molecule has 0 aromatic rings. The van der Waals surface area contributed by atoms with Gasteiger partial charge in [-0.2, -0.15) is 11.8 Å². The Balaban J connectivity index is 1.63. The summed E-state index contributed by atoms with van der Waals surface area (Å²) in [5.41, 5.74) is -0.272. The van der Waals surface area contributed by atoms with Crippen molar-refractivity contribution in [2.24, 2.45) is 5.92 Å². The fraction of sp³-hybridized carbons (Fsp3) is 1.00. The molecule has 2 atom stereocenters. The average molecular weight is 226 g/mol. The van der Waals surface area contributed by atoms with Gasteiger partial charge in [-0.25, -0.2) is 0 Å².